The summed E-state index contributed by atoms with van der Waals surface area (Å²) in [6, 6.07) is 14.9. The third-order valence-electron chi connectivity index (χ3n) is 4.26. The van der Waals surface area contributed by atoms with E-state index in [0.29, 0.717) is 35.8 Å². The molecule has 0 radical (unpaired) electrons. The largest absolute Gasteiger partial charge is 0.484 e. The van der Waals surface area contributed by atoms with Crippen molar-refractivity contribution in [2.45, 2.75) is 0 Å². The maximum atomic E-state index is 12.2. The minimum atomic E-state index is -0.450. The number of nitrogens with one attached hydrogen (secondary N) is 2. The number of urea groups is 1. The third kappa shape index (κ3) is 3.80. The Morgan fingerprint density at radius 3 is 2.82 bits per heavy atom. The Morgan fingerprint density at radius 1 is 1.14 bits per heavy atom. The fourth-order valence-electron chi connectivity index (χ4n) is 2.95. The van der Waals surface area contributed by atoms with Gasteiger partial charge in [-0.3, -0.25) is 9.69 Å². The Kier molecular flexibility index (Phi) is 4.67. The van der Waals surface area contributed by atoms with Crippen LogP contribution in [0.15, 0.2) is 63.8 Å². The molecule has 28 heavy (non-hydrogen) atoms. The molecule has 4 rings (SSSR count). The number of anilines is 2. The molecule has 1 aliphatic heterocycles. The lowest BCUT2D eigenvalue weighted by molar-refractivity contribution is -0.118. The lowest BCUT2D eigenvalue weighted by Gasteiger charge is -2.15. The summed E-state index contributed by atoms with van der Waals surface area (Å²) < 4.78 is 10.6. The van der Waals surface area contributed by atoms with Crippen molar-refractivity contribution in [1.82, 2.24) is 5.32 Å². The number of rotatable bonds is 5. The average Bonchev–Trinajstić information content (AvgIpc) is 3.12. The number of ether oxygens (including phenoxy) is 1. The van der Waals surface area contributed by atoms with Crippen LogP contribution in [0.3, 0.4) is 0 Å². The van der Waals surface area contributed by atoms with Crippen molar-refractivity contribution in [1.29, 1.82) is 0 Å². The summed E-state index contributed by atoms with van der Waals surface area (Å²) in [6.07, 6.45) is 0. The van der Waals surface area contributed by atoms with Crippen LogP contribution in [0.2, 0.25) is 0 Å². The van der Waals surface area contributed by atoms with Crippen molar-refractivity contribution in [3.05, 3.63) is 65.0 Å². The summed E-state index contributed by atoms with van der Waals surface area (Å²) in [5.41, 5.74) is 1.21. The highest BCUT2D eigenvalue weighted by Crippen LogP contribution is 2.22. The average molecular weight is 379 g/mol. The molecule has 2 N–H and O–H groups in total. The molecule has 0 bridgehead atoms. The van der Waals surface area contributed by atoms with Crippen molar-refractivity contribution in [2.24, 2.45) is 0 Å². The maximum Gasteiger partial charge on any atom is 0.336 e. The van der Waals surface area contributed by atoms with Gasteiger partial charge < -0.3 is 19.8 Å². The number of fused-ring (bicyclic) bond motifs is 1. The van der Waals surface area contributed by atoms with E-state index in [4.69, 9.17) is 9.15 Å². The van der Waals surface area contributed by atoms with Gasteiger partial charge in [-0.2, -0.15) is 0 Å². The predicted octanol–water partition coefficient (Wildman–Crippen LogP) is 2.34. The molecule has 8 heteroatoms. The first kappa shape index (κ1) is 17.6. The van der Waals surface area contributed by atoms with E-state index in [1.165, 1.54) is 6.07 Å². The SMILES string of the molecule is O=C(COc1ccc2ccc(=O)oc2c1)Nc1cccc(N2CCNC2=O)c1. The Labute approximate surface area is 159 Å². The maximum absolute atomic E-state index is 12.2. The van der Waals surface area contributed by atoms with Crippen molar-refractivity contribution in [2.75, 3.05) is 29.9 Å². The van der Waals surface area contributed by atoms with Gasteiger partial charge in [-0.25, -0.2) is 9.59 Å². The normalized spacial score (nSPS) is 13.4. The number of benzene rings is 2. The summed E-state index contributed by atoms with van der Waals surface area (Å²) in [4.78, 5) is 36.9. The second kappa shape index (κ2) is 7.43. The van der Waals surface area contributed by atoms with E-state index in [2.05, 4.69) is 10.6 Å². The summed E-state index contributed by atoms with van der Waals surface area (Å²) in [7, 11) is 0. The number of amides is 3. The van der Waals surface area contributed by atoms with E-state index in [1.54, 1.807) is 53.4 Å². The van der Waals surface area contributed by atoms with E-state index < -0.39 is 5.63 Å². The van der Waals surface area contributed by atoms with Crippen molar-refractivity contribution in [3.8, 4) is 5.75 Å². The highest BCUT2D eigenvalue weighted by Gasteiger charge is 2.21. The third-order valence-corrected chi connectivity index (χ3v) is 4.26. The molecule has 0 atom stereocenters. The van der Waals surface area contributed by atoms with Crippen molar-refractivity contribution in [3.63, 3.8) is 0 Å². The molecule has 0 aliphatic carbocycles. The number of carbonyl (C=O) groups is 2. The summed E-state index contributed by atoms with van der Waals surface area (Å²) in [5.74, 6) is 0.0668. The van der Waals surface area contributed by atoms with E-state index in [1.807, 2.05) is 0 Å². The molecule has 3 aromatic rings. The molecule has 1 saturated heterocycles. The first-order valence-corrected chi connectivity index (χ1v) is 8.70. The predicted molar refractivity (Wildman–Crippen MR) is 104 cm³/mol. The van der Waals surface area contributed by atoms with Gasteiger partial charge in [-0.15, -0.1) is 0 Å². The summed E-state index contributed by atoms with van der Waals surface area (Å²) in [6.45, 7) is 0.962. The molecule has 0 spiro atoms. The Balaban J connectivity index is 1.39. The molecule has 1 aliphatic rings. The van der Waals surface area contributed by atoms with Gasteiger partial charge in [0, 0.05) is 42.0 Å². The Morgan fingerprint density at radius 2 is 2.00 bits per heavy atom. The lowest BCUT2D eigenvalue weighted by Crippen LogP contribution is -2.27. The number of carbonyl (C=O) groups excluding carboxylic acids is 2. The van der Waals surface area contributed by atoms with Gasteiger partial charge in [-0.1, -0.05) is 6.07 Å². The van der Waals surface area contributed by atoms with Crippen molar-refractivity contribution < 1.29 is 18.7 Å². The monoisotopic (exact) mass is 379 g/mol. The van der Waals surface area contributed by atoms with Crippen LogP contribution in [0.4, 0.5) is 16.2 Å². The Bertz CT molecular complexity index is 1110. The zero-order valence-electron chi connectivity index (χ0n) is 14.8. The number of nitrogens with zero attached hydrogens (tertiary/aromatic N) is 1. The van der Waals surface area contributed by atoms with Crippen LogP contribution in [-0.4, -0.2) is 31.6 Å². The molecule has 2 heterocycles. The smallest absolute Gasteiger partial charge is 0.336 e. The first-order chi connectivity index (χ1) is 13.6. The van der Waals surface area contributed by atoms with Crippen LogP contribution in [0, 0.1) is 0 Å². The van der Waals surface area contributed by atoms with Gasteiger partial charge in [-0.05, 0) is 36.4 Å². The van der Waals surface area contributed by atoms with E-state index >= 15 is 0 Å². The van der Waals surface area contributed by atoms with Crippen LogP contribution in [0.25, 0.3) is 11.0 Å². The van der Waals surface area contributed by atoms with Crippen LogP contribution >= 0.6 is 0 Å². The topological polar surface area (TPSA) is 101 Å². The molecular weight excluding hydrogens is 362 g/mol. The van der Waals surface area contributed by atoms with Crippen LogP contribution in [-0.2, 0) is 4.79 Å². The van der Waals surface area contributed by atoms with Gasteiger partial charge in [0.2, 0.25) is 0 Å². The zero-order valence-corrected chi connectivity index (χ0v) is 14.8. The van der Waals surface area contributed by atoms with Gasteiger partial charge in [0.25, 0.3) is 5.91 Å². The van der Waals surface area contributed by atoms with Crippen LogP contribution in [0.5, 0.6) is 5.75 Å². The fraction of sp³-hybridized carbons (Fsp3) is 0.150. The van der Waals surface area contributed by atoms with E-state index in [9.17, 15) is 14.4 Å². The van der Waals surface area contributed by atoms with Gasteiger partial charge in [0.15, 0.2) is 6.61 Å². The molecule has 0 unspecified atom stereocenters. The van der Waals surface area contributed by atoms with Gasteiger partial charge >= 0.3 is 11.7 Å². The standard InChI is InChI=1S/C20H17N3O5/c24-18(12-27-16-6-4-13-5-7-19(25)28-17(13)11-16)22-14-2-1-3-15(10-14)23-9-8-21-20(23)26/h1-7,10-11H,8-9,12H2,(H,21,26)(H,22,24). The highest BCUT2D eigenvalue weighted by molar-refractivity contribution is 5.96. The van der Waals surface area contributed by atoms with Gasteiger partial charge in [0.1, 0.15) is 11.3 Å². The van der Waals surface area contributed by atoms with Crippen LogP contribution in [0.1, 0.15) is 0 Å². The summed E-state index contributed by atoms with van der Waals surface area (Å²) >= 11 is 0. The molecule has 0 saturated carbocycles. The molecule has 2 aromatic carbocycles. The minimum Gasteiger partial charge on any atom is -0.484 e. The minimum absolute atomic E-state index is 0.158. The fourth-order valence-corrected chi connectivity index (χ4v) is 2.95. The molecule has 1 fully saturated rings. The molecule has 142 valence electrons. The highest BCUT2D eigenvalue weighted by atomic mass is 16.5. The zero-order chi connectivity index (χ0) is 19.5. The van der Waals surface area contributed by atoms with E-state index in [-0.39, 0.29) is 18.5 Å². The summed E-state index contributed by atoms with van der Waals surface area (Å²) in [5, 5.41) is 6.24. The number of hydrogen-bond acceptors (Lipinski definition) is 5. The molecule has 8 nitrogen and oxygen atoms in total. The molecule has 1 aromatic heterocycles. The van der Waals surface area contributed by atoms with E-state index in [0.717, 1.165) is 5.39 Å². The second-order valence-electron chi connectivity index (χ2n) is 6.22. The first-order valence-electron chi connectivity index (χ1n) is 8.70. The van der Waals surface area contributed by atoms with Gasteiger partial charge in [0.05, 0.1) is 0 Å². The second-order valence-corrected chi connectivity index (χ2v) is 6.22. The number of hydrogen-bond donors (Lipinski definition) is 2. The molecular formula is C20H17N3O5. The van der Waals surface area contributed by atoms with Crippen LogP contribution < -0.4 is 25.9 Å². The molecule has 3 amide bonds. The Hall–Kier alpha value is -3.81. The van der Waals surface area contributed by atoms with Crippen molar-refractivity contribution >= 4 is 34.3 Å². The quantitative estimate of drug-likeness (QED) is 0.663. The lowest BCUT2D eigenvalue weighted by atomic mass is 10.2.